The van der Waals surface area contributed by atoms with Crippen LogP contribution in [0.3, 0.4) is 0 Å². The lowest BCUT2D eigenvalue weighted by Gasteiger charge is -1.98. The van der Waals surface area contributed by atoms with E-state index in [1.165, 1.54) is 0 Å². The molecular formula is C13H17ClN4. The van der Waals surface area contributed by atoms with Crippen molar-refractivity contribution in [3.05, 3.63) is 28.9 Å². The van der Waals surface area contributed by atoms with Gasteiger partial charge in [0.25, 0.3) is 0 Å². The molecule has 5 heteroatoms. The molecule has 4 nitrogen and oxygen atoms in total. The highest BCUT2D eigenvalue weighted by molar-refractivity contribution is 6.31. The topological polar surface area (TPSA) is 42.2 Å². The number of fused-ring (bicyclic) bond motifs is 1. The Morgan fingerprint density at radius 3 is 2.78 bits per heavy atom. The van der Waals surface area contributed by atoms with E-state index in [0.717, 1.165) is 40.5 Å². The maximum absolute atomic E-state index is 6.01. The molecule has 3 rings (SSSR count). The van der Waals surface area contributed by atoms with E-state index < -0.39 is 0 Å². The molecule has 2 heterocycles. The molecule has 1 aromatic heterocycles. The van der Waals surface area contributed by atoms with Crippen molar-refractivity contribution in [1.82, 2.24) is 15.1 Å². The zero-order chi connectivity index (χ0) is 13.1. The Kier molecular flexibility index (Phi) is 3.87. The smallest absolute Gasteiger partial charge is 0.149 e. The number of aliphatic imine (C=N–C) groups is 1. The highest BCUT2D eigenvalue weighted by atomic mass is 35.5. The van der Waals surface area contributed by atoms with Gasteiger partial charge in [-0.15, -0.1) is 0 Å². The van der Waals surface area contributed by atoms with Crippen LogP contribution in [-0.2, 0) is 7.05 Å². The molecule has 0 atom stereocenters. The van der Waals surface area contributed by atoms with Crippen molar-refractivity contribution in [2.24, 2.45) is 12.0 Å². The SMILES string of the molecule is CC.Cn1nc(C2=NCCN2)c2cc(Cl)ccc21. The standard InChI is InChI=1S/C11H11ClN4.C2H6/c1-16-9-3-2-7(12)6-8(9)10(15-16)11-13-4-5-14-11;1-2/h2-3,6H,4-5H2,1H3,(H,13,14);1-2H3. The van der Waals surface area contributed by atoms with Gasteiger partial charge in [-0.05, 0) is 18.2 Å². The zero-order valence-corrected chi connectivity index (χ0v) is 11.6. The summed E-state index contributed by atoms with van der Waals surface area (Å²) >= 11 is 6.01. The zero-order valence-electron chi connectivity index (χ0n) is 10.9. The molecule has 1 aromatic carbocycles. The van der Waals surface area contributed by atoms with Gasteiger partial charge in [0.05, 0.1) is 12.1 Å². The highest BCUT2D eigenvalue weighted by Gasteiger charge is 2.16. The first-order chi connectivity index (χ1) is 8.75. The summed E-state index contributed by atoms with van der Waals surface area (Å²) in [6.07, 6.45) is 0. The molecule has 1 aliphatic rings. The van der Waals surface area contributed by atoms with Crippen LogP contribution in [0.15, 0.2) is 23.2 Å². The van der Waals surface area contributed by atoms with Gasteiger partial charge in [0.2, 0.25) is 0 Å². The Morgan fingerprint density at radius 1 is 1.33 bits per heavy atom. The molecule has 0 unspecified atom stereocenters. The molecule has 0 spiro atoms. The highest BCUT2D eigenvalue weighted by Crippen LogP contribution is 2.22. The lowest BCUT2D eigenvalue weighted by Crippen LogP contribution is -2.20. The molecule has 18 heavy (non-hydrogen) atoms. The van der Waals surface area contributed by atoms with Gasteiger partial charge in [-0.1, -0.05) is 25.4 Å². The van der Waals surface area contributed by atoms with E-state index in [4.69, 9.17) is 11.6 Å². The lowest BCUT2D eigenvalue weighted by molar-refractivity contribution is 0.791. The van der Waals surface area contributed by atoms with Crippen molar-refractivity contribution in [2.45, 2.75) is 13.8 Å². The average Bonchev–Trinajstić information content (AvgIpc) is 3.00. The number of amidine groups is 1. The molecule has 0 radical (unpaired) electrons. The molecule has 2 aromatic rings. The fraction of sp³-hybridized carbons (Fsp3) is 0.385. The maximum atomic E-state index is 6.01. The van der Waals surface area contributed by atoms with Crippen LogP contribution in [0.2, 0.25) is 5.02 Å². The van der Waals surface area contributed by atoms with Gasteiger partial charge in [0.1, 0.15) is 11.5 Å². The molecule has 96 valence electrons. The predicted molar refractivity (Wildman–Crippen MR) is 76.5 cm³/mol. The van der Waals surface area contributed by atoms with Crippen molar-refractivity contribution >= 4 is 28.3 Å². The minimum atomic E-state index is 0.723. The maximum Gasteiger partial charge on any atom is 0.149 e. The molecule has 0 saturated heterocycles. The van der Waals surface area contributed by atoms with Gasteiger partial charge in [0.15, 0.2) is 0 Å². The van der Waals surface area contributed by atoms with Gasteiger partial charge in [-0.3, -0.25) is 9.67 Å². The van der Waals surface area contributed by atoms with Crippen molar-refractivity contribution in [1.29, 1.82) is 0 Å². The minimum absolute atomic E-state index is 0.723. The Labute approximate surface area is 112 Å². The van der Waals surface area contributed by atoms with Gasteiger partial charge >= 0.3 is 0 Å². The number of halogens is 1. The number of hydrogen-bond donors (Lipinski definition) is 1. The van der Waals surface area contributed by atoms with Gasteiger partial charge in [-0.25, -0.2) is 0 Å². The Morgan fingerprint density at radius 2 is 2.11 bits per heavy atom. The molecule has 0 amide bonds. The molecular weight excluding hydrogens is 248 g/mol. The number of aromatic nitrogens is 2. The summed E-state index contributed by atoms with van der Waals surface area (Å²) in [7, 11) is 1.93. The van der Waals surface area contributed by atoms with Crippen molar-refractivity contribution in [3.63, 3.8) is 0 Å². The first kappa shape index (κ1) is 12.9. The molecule has 0 bridgehead atoms. The fourth-order valence-corrected chi connectivity index (χ4v) is 2.14. The van der Waals surface area contributed by atoms with E-state index >= 15 is 0 Å². The van der Waals surface area contributed by atoms with Crippen LogP contribution in [0.25, 0.3) is 10.9 Å². The van der Waals surface area contributed by atoms with Crippen LogP contribution in [0.5, 0.6) is 0 Å². The number of nitrogens with zero attached hydrogens (tertiary/aromatic N) is 3. The lowest BCUT2D eigenvalue weighted by atomic mass is 10.2. The predicted octanol–water partition coefficient (Wildman–Crippen LogP) is 2.60. The minimum Gasteiger partial charge on any atom is -0.367 e. The van der Waals surface area contributed by atoms with Crippen molar-refractivity contribution < 1.29 is 0 Å². The van der Waals surface area contributed by atoms with Gasteiger partial charge in [0, 0.05) is 24.0 Å². The summed E-state index contributed by atoms with van der Waals surface area (Å²) < 4.78 is 1.85. The van der Waals surface area contributed by atoms with E-state index in [1.54, 1.807) is 0 Å². The second-order valence-corrected chi connectivity index (χ2v) is 4.23. The normalized spacial score (nSPS) is 13.9. The Bertz CT molecular complexity index is 586. The van der Waals surface area contributed by atoms with Crippen LogP contribution in [0, 0.1) is 0 Å². The largest absolute Gasteiger partial charge is 0.367 e. The molecule has 0 saturated carbocycles. The third kappa shape index (κ3) is 2.20. The third-order valence-electron chi connectivity index (χ3n) is 2.71. The number of hydrogen-bond acceptors (Lipinski definition) is 3. The summed E-state index contributed by atoms with van der Waals surface area (Å²) in [4.78, 5) is 4.39. The van der Waals surface area contributed by atoms with E-state index in [9.17, 15) is 0 Å². The number of nitrogens with one attached hydrogen (secondary N) is 1. The van der Waals surface area contributed by atoms with Crippen molar-refractivity contribution in [2.75, 3.05) is 13.1 Å². The van der Waals surface area contributed by atoms with Gasteiger partial charge < -0.3 is 5.32 Å². The quantitative estimate of drug-likeness (QED) is 0.860. The van der Waals surface area contributed by atoms with Gasteiger partial charge in [-0.2, -0.15) is 5.10 Å². The van der Waals surface area contributed by atoms with Crippen molar-refractivity contribution in [3.8, 4) is 0 Å². The monoisotopic (exact) mass is 264 g/mol. The fourth-order valence-electron chi connectivity index (χ4n) is 1.97. The summed E-state index contributed by atoms with van der Waals surface area (Å²) in [5.74, 6) is 0.868. The molecule has 1 aliphatic heterocycles. The van der Waals surface area contributed by atoms with Crippen LogP contribution < -0.4 is 5.32 Å². The van der Waals surface area contributed by atoms with E-state index in [1.807, 2.05) is 43.8 Å². The number of rotatable bonds is 1. The molecule has 0 fully saturated rings. The number of benzene rings is 1. The summed E-state index contributed by atoms with van der Waals surface area (Å²) in [6.45, 7) is 5.70. The molecule has 1 N–H and O–H groups in total. The first-order valence-corrected chi connectivity index (χ1v) is 6.54. The second kappa shape index (κ2) is 5.40. The van der Waals surface area contributed by atoms with E-state index in [2.05, 4.69) is 15.4 Å². The van der Waals surface area contributed by atoms with E-state index in [0.29, 0.717) is 0 Å². The van der Waals surface area contributed by atoms with Crippen LogP contribution in [-0.4, -0.2) is 28.7 Å². The first-order valence-electron chi connectivity index (χ1n) is 6.16. The summed E-state index contributed by atoms with van der Waals surface area (Å²) in [5, 5.41) is 9.47. The third-order valence-corrected chi connectivity index (χ3v) is 2.95. The Hall–Kier alpha value is -1.55. The number of aryl methyl sites for hydroxylation is 1. The van der Waals surface area contributed by atoms with E-state index in [-0.39, 0.29) is 0 Å². The van der Waals surface area contributed by atoms with Crippen LogP contribution in [0.1, 0.15) is 19.5 Å². The second-order valence-electron chi connectivity index (χ2n) is 3.79. The summed E-state index contributed by atoms with van der Waals surface area (Å²) in [5.41, 5.74) is 1.95. The average molecular weight is 265 g/mol. The van der Waals surface area contributed by atoms with Crippen LogP contribution >= 0.6 is 11.6 Å². The van der Waals surface area contributed by atoms with Crippen LogP contribution in [0.4, 0.5) is 0 Å². The summed E-state index contributed by atoms with van der Waals surface area (Å²) in [6, 6.07) is 5.78. The molecule has 0 aliphatic carbocycles. The Balaban J connectivity index is 0.000000574.